The van der Waals surface area contributed by atoms with Crippen molar-refractivity contribution in [3.05, 3.63) is 48.0 Å². The number of aryl methyl sites for hydroxylation is 1. The Hall–Kier alpha value is -2.20. The molecule has 0 aliphatic carbocycles. The molecule has 0 spiro atoms. The molecule has 0 bridgehead atoms. The van der Waals surface area contributed by atoms with E-state index in [9.17, 15) is 4.79 Å². The van der Waals surface area contributed by atoms with Crippen molar-refractivity contribution in [2.24, 2.45) is 0 Å². The molecule has 0 unspecified atom stereocenters. The lowest BCUT2D eigenvalue weighted by molar-refractivity contribution is -0.140. The summed E-state index contributed by atoms with van der Waals surface area (Å²) >= 11 is 0. The molecule has 0 aliphatic heterocycles. The van der Waals surface area contributed by atoms with Crippen molar-refractivity contribution in [3.63, 3.8) is 0 Å². The van der Waals surface area contributed by atoms with Crippen LogP contribution in [0.5, 0.6) is 11.5 Å². The fraction of sp³-hybridized carbons (Fsp3) is 0.278. The zero-order chi connectivity index (χ0) is 15.9. The maximum Gasteiger partial charge on any atom is 0.305 e. The van der Waals surface area contributed by atoms with Gasteiger partial charge in [-0.2, -0.15) is 0 Å². The Kier molecular flexibility index (Phi) is 7.42. The lowest BCUT2D eigenvalue weighted by Crippen LogP contribution is -2.01. The summed E-state index contributed by atoms with van der Waals surface area (Å²) in [6, 6.07) is 13.7. The minimum atomic E-state index is -0.199. The predicted molar refractivity (Wildman–Crippen MR) is 92.6 cm³/mol. The van der Waals surface area contributed by atoms with Gasteiger partial charge in [0.2, 0.25) is 0 Å². The van der Waals surface area contributed by atoms with E-state index in [4.69, 9.17) is 9.47 Å². The fourth-order valence-corrected chi connectivity index (χ4v) is 2.32. The van der Waals surface area contributed by atoms with Gasteiger partial charge in [-0.25, -0.2) is 0 Å². The largest absolute Gasteiger partial charge is 0.496 e. The quantitative estimate of drug-likeness (QED) is 0.750. The van der Waals surface area contributed by atoms with Gasteiger partial charge in [-0.1, -0.05) is 30.3 Å². The summed E-state index contributed by atoms with van der Waals surface area (Å²) in [6.07, 6.45) is 1.05. The normalized spacial score (nSPS) is 9.70. The van der Waals surface area contributed by atoms with Gasteiger partial charge < -0.3 is 14.2 Å². The van der Waals surface area contributed by atoms with E-state index in [0.717, 1.165) is 28.2 Å². The second kappa shape index (κ2) is 9.06. The summed E-state index contributed by atoms with van der Waals surface area (Å²) in [4.78, 5) is 11.2. The zero-order valence-electron chi connectivity index (χ0n) is 13.5. The average molecular weight is 337 g/mol. The van der Waals surface area contributed by atoms with Crippen LogP contribution in [0.25, 0.3) is 11.1 Å². The highest BCUT2D eigenvalue weighted by atomic mass is 35.5. The fourth-order valence-electron chi connectivity index (χ4n) is 2.32. The number of ether oxygens (including phenoxy) is 3. The molecule has 0 N–H and O–H groups in total. The molecule has 0 fully saturated rings. The predicted octanol–water partition coefficient (Wildman–Crippen LogP) is 3.90. The first-order valence-corrected chi connectivity index (χ1v) is 7.06. The van der Waals surface area contributed by atoms with Crippen molar-refractivity contribution in [1.82, 2.24) is 0 Å². The number of hydrogen-bond donors (Lipinski definition) is 0. The molecule has 0 amide bonds. The highest BCUT2D eigenvalue weighted by Gasteiger charge is 2.12. The molecule has 0 saturated heterocycles. The first-order valence-electron chi connectivity index (χ1n) is 7.06. The Balaban J connectivity index is 0.00000264. The molecule has 2 aromatic rings. The van der Waals surface area contributed by atoms with Crippen molar-refractivity contribution < 1.29 is 19.0 Å². The number of carbonyl (C=O) groups excluding carboxylic acids is 1. The van der Waals surface area contributed by atoms with Crippen LogP contribution >= 0.6 is 12.4 Å². The molecule has 23 heavy (non-hydrogen) atoms. The monoisotopic (exact) mass is 336 g/mol. The lowest BCUT2D eigenvalue weighted by atomic mass is 10.0. The highest BCUT2D eigenvalue weighted by molar-refractivity contribution is 5.85. The topological polar surface area (TPSA) is 44.8 Å². The minimum Gasteiger partial charge on any atom is -0.496 e. The molecule has 0 radical (unpaired) electrons. The average Bonchev–Trinajstić information content (AvgIpc) is 2.59. The molecule has 0 atom stereocenters. The lowest BCUT2D eigenvalue weighted by Gasteiger charge is -2.13. The van der Waals surface area contributed by atoms with Crippen LogP contribution in [0.15, 0.2) is 42.5 Å². The van der Waals surface area contributed by atoms with Gasteiger partial charge in [0.15, 0.2) is 0 Å². The van der Waals surface area contributed by atoms with Gasteiger partial charge in [-0.15, -0.1) is 12.4 Å². The first kappa shape index (κ1) is 18.8. The van der Waals surface area contributed by atoms with Gasteiger partial charge >= 0.3 is 5.97 Å². The van der Waals surface area contributed by atoms with E-state index in [0.29, 0.717) is 12.8 Å². The summed E-state index contributed by atoms with van der Waals surface area (Å²) in [6.45, 7) is 0. The molecule has 0 aliphatic rings. The van der Waals surface area contributed by atoms with Crippen molar-refractivity contribution >= 4 is 18.4 Å². The van der Waals surface area contributed by atoms with Gasteiger partial charge in [0.1, 0.15) is 11.5 Å². The molecule has 2 aromatic carbocycles. The first-order chi connectivity index (χ1) is 10.7. The Morgan fingerprint density at radius 3 is 1.96 bits per heavy atom. The number of benzene rings is 2. The molecular formula is C18H21ClO4. The highest BCUT2D eigenvalue weighted by Crippen LogP contribution is 2.38. The van der Waals surface area contributed by atoms with E-state index < -0.39 is 0 Å². The van der Waals surface area contributed by atoms with E-state index in [-0.39, 0.29) is 18.4 Å². The Morgan fingerprint density at radius 1 is 0.913 bits per heavy atom. The Bertz CT molecular complexity index is 616. The summed E-state index contributed by atoms with van der Waals surface area (Å²) in [5.41, 5.74) is 3.02. The van der Waals surface area contributed by atoms with Crippen molar-refractivity contribution in [2.75, 3.05) is 21.3 Å². The molecular weight excluding hydrogens is 316 g/mol. The molecule has 0 saturated carbocycles. The summed E-state index contributed by atoms with van der Waals surface area (Å²) < 4.78 is 15.5. The molecule has 124 valence electrons. The van der Waals surface area contributed by atoms with Crippen molar-refractivity contribution in [3.8, 4) is 22.6 Å². The Morgan fingerprint density at radius 2 is 1.48 bits per heavy atom. The van der Waals surface area contributed by atoms with Gasteiger partial charge in [0, 0.05) is 6.42 Å². The van der Waals surface area contributed by atoms with Gasteiger partial charge in [-0.05, 0) is 29.7 Å². The van der Waals surface area contributed by atoms with Gasteiger partial charge in [0.05, 0.1) is 26.9 Å². The van der Waals surface area contributed by atoms with Crippen LogP contribution in [0.1, 0.15) is 12.0 Å². The van der Waals surface area contributed by atoms with Gasteiger partial charge in [-0.3, -0.25) is 4.79 Å². The molecule has 0 heterocycles. The van der Waals surface area contributed by atoms with Crippen LogP contribution in [0.2, 0.25) is 0 Å². The van der Waals surface area contributed by atoms with Crippen molar-refractivity contribution in [1.29, 1.82) is 0 Å². The number of esters is 1. The number of rotatable bonds is 6. The van der Waals surface area contributed by atoms with Crippen LogP contribution in [0.3, 0.4) is 0 Å². The summed E-state index contributed by atoms with van der Waals surface area (Å²) in [5, 5.41) is 0. The van der Waals surface area contributed by atoms with E-state index in [2.05, 4.69) is 4.74 Å². The molecule has 5 heteroatoms. The van der Waals surface area contributed by atoms with E-state index in [1.807, 2.05) is 42.5 Å². The van der Waals surface area contributed by atoms with Crippen LogP contribution in [0.4, 0.5) is 0 Å². The number of hydrogen-bond acceptors (Lipinski definition) is 4. The Labute approximate surface area is 142 Å². The van der Waals surface area contributed by atoms with Crippen LogP contribution in [-0.2, 0) is 16.0 Å². The van der Waals surface area contributed by atoms with Crippen molar-refractivity contribution in [2.45, 2.75) is 12.8 Å². The van der Waals surface area contributed by atoms with Crippen LogP contribution < -0.4 is 9.47 Å². The van der Waals surface area contributed by atoms with E-state index in [1.54, 1.807) is 14.2 Å². The number of carbonyl (C=O) groups is 1. The molecule has 2 rings (SSSR count). The third-order valence-corrected chi connectivity index (χ3v) is 3.52. The van der Waals surface area contributed by atoms with Crippen LogP contribution in [0, 0.1) is 0 Å². The second-order valence-electron chi connectivity index (χ2n) is 4.81. The standard InChI is InChI=1S/C18H20O4.ClH/c1-20-15-5-4-6-16(21-2)18(15)14-10-7-13(8-11-14)9-12-17(19)22-3;/h4-8,10-11H,9,12H2,1-3H3;1H. The van der Waals surface area contributed by atoms with Crippen LogP contribution in [-0.4, -0.2) is 27.3 Å². The number of methoxy groups -OCH3 is 3. The second-order valence-corrected chi connectivity index (χ2v) is 4.81. The van der Waals surface area contributed by atoms with Gasteiger partial charge in [0.25, 0.3) is 0 Å². The molecule has 4 nitrogen and oxygen atoms in total. The smallest absolute Gasteiger partial charge is 0.305 e. The zero-order valence-corrected chi connectivity index (χ0v) is 14.3. The molecule has 0 aromatic heterocycles. The summed E-state index contributed by atoms with van der Waals surface area (Å²) in [5.74, 6) is 1.33. The maximum absolute atomic E-state index is 11.2. The minimum absolute atomic E-state index is 0. The maximum atomic E-state index is 11.2. The summed E-state index contributed by atoms with van der Waals surface area (Å²) in [7, 11) is 4.69. The van der Waals surface area contributed by atoms with E-state index in [1.165, 1.54) is 7.11 Å². The third-order valence-electron chi connectivity index (χ3n) is 3.52. The SMILES string of the molecule is COC(=O)CCc1ccc(-c2c(OC)cccc2OC)cc1.Cl. The van der Waals surface area contributed by atoms with E-state index >= 15 is 0 Å². The third kappa shape index (κ3) is 4.63. The number of halogens is 1.